The molecule has 0 saturated carbocycles. The molecule has 0 fully saturated rings. The third-order valence-corrected chi connectivity index (χ3v) is 6.81. The summed E-state index contributed by atoms with van der Waals surface area (Å²) in [6, 6.07) is 0. The second-order valence-corrected chi connectivity index (χ2v) is 10.5. The highest BCUT2D eigenvalue weighted by Crippen LogP contribution is 2.38. The van der Waals surface area contributed by atoms with Gasteiger partial charge in [0.25, 0.3) is 0 Å². The molecule has 2 unspecified atom stereocenters. The maximum Gasteiger partial charge on any atom is 0.332 e. The van der Waals surface area contributed by atoms with Crippen molar-refractivity contribution in [1.29, 1.82) is 0 Å². The highest BCUT2D eigenvalue weighted by atomic mass is 31.2. The van der Waals surface area contributed by atoms with Gasteiger partial charge >= 0.3 is 20.5 Å². The van der Waals surface area contributed by atoms with E-state index in [-0.39, 0.29) is 25.2 Å². The van der Waals surface area contributed by atoms with Crippen molar-refractivity contribution < 1.29 is 32.6 Å². The molecule has 0 aromatic carbocycles. The Morgan fingerprint density at radius 3 is 1.78 bits per heavy atom. The average molecular weight is 536 g/mol. The summed E-state index contributed by atoms with van der Waals surface area (Å²) in [4.78, 5) is 24.6. The monoisotopic (exact) mass is 535 g/mol. The van der Waals surface area contributed by atoms with Crippen molar-refractivity contribution in [3.8, 4) is 0 Å². The molecule has 0 heterocycles. The molecule has 214 valence electrons. The van der Waals surface area contributed by atoms with Gasteiger partial charge in [0.1, 0.15) is 6.61 Å². The number of rotatable bonds is 27. The summed E-state index contributed by atoms with van der Waals surface area (Å²) in [7, 11) is 1.78. The topological polar surface area (TPSA) is 92.3 Å². The van der Waals surface area contributed by atoms with Gasteiger partial charge in [0.2, 0.25) is 0 Å². The number of esters is 2. The largest absolute Gasteiger partial charge is 0.462 e. The molecule has 8 nitrogen and oxygen atoms in total. The average Bonchev–Trinajstić information content (AvgIpc) is 2.87. The van der Waals surface area contributed by atoms with Gasteiger partial charge in [0.15, 0.2) is 6.10 Å². The van der Waals surface area contributed by atoms with Crippen LogP contribution in [0.25, 0.3) is 0 Å². The van der Waals surface area contributed by atoms with E-state index < -0.39 is 14.7 Å². The molecule has 0 aromatic heterocycles. The Bertz CT molecular complexity index is 511. The Labute approximate surface area is 221 Å². The molecule has 0 rings (SSSR count). The van der Waals surface area contributed by atoms with Crippen LogP contribution in [0.15, 0.2) is 0 Å². The third-order valence-electron chi connectivity index (χ3n) is 5.76. The molecule has 0 radical (unpaired) electrons. The van der Waals surface area contributed by atoms with Crippen molar-refractivity contribution in [2.45, 2.75) is 123 Å². The summed E-state index contributed by atoms with van der Waals surface area (Å²) in [6.07, 6.45) is 15.9. The van der Waals surface area contributed by atoms with Crippen molar-refractivity contribution in [2.24, 2.45) is 0 Å². The first-order valence-electron chi connectivity index (χ1n) is 14.2. The fourth-order valence-corrected chi connectivity index (χ4v) is 4.39. The molecule has 0 aliphatic carbocycles. The quantitative estimate of drug-likeness (QED) is 0.0694. The van der Waals surface area contributed by atoms with E-state index in [1.807, 2.05) is 7.05 Å². The number of unbranched alkanes of at least 4 members (excludes halogenated alkanes) is 12. The summed E-state index contributed by atoms with van der Waals surface area (Å²) in [5.74, 6) is -0.561. The van der Waals surface area contributed by atoms with Crippen LogP contribution in [0.1, 0.15) is 117 Å². The Kier molecular flexibility index (Phi) is 26.7. The predicted octanol–water partition coefficient (Wildman–Crippen LogP) is 6.85. The van der Waals surface area contributed by atoms with Gasteiger partial charge < -0.3 is 28.4 Å². The summed E-state index contributed by atoms with van der Waals surface area (Å²) < 4.78 is 27.5. The lowest BCUT2D eigenvalue weighted by molar-refractivity contribution is -0.161. The zero-order valence-corrected chi connectivity index (χ0v) is 24.4. The van der Waals surface area contributed by atoms with Gasteiger partial charge in [-0.15, -0.1) is 0 Å². The normalized spacial score (nSPS) is 12.9. The van der Waals surface area contributed by atoms with Gasteiger partial charge in [-0.3, -0.25) is 9.59 Å². The zero-order chi connectivity index (χ0) is 26.7. The van der Waals surface area contributed by atoms with Crippen molar-refractivity contribution in [3.05, 3.63) is 0 Å². The van der Waals surface area contributed by atoms with Crippen LogP contribution in [0.3, 0.4) is 0 Å². The molecule has 9 heteroatoms. The molecule has 0 aromatic rings. The van der Waals surface area contributed by atoms with Crippen molar-refractivity contribution in [1.82, 2.24) is 5.32 Å². The first kappa shape index (κ1) is 35.2. The van der Waals surface area contributed by atoms with E-state index in [1.54, 1.807) is 0 Å². The Morgan fingerprint density at radius 1 is 0.722 bits per heavy atom. The van der Waals surface area contributed by atoms with E-state index in [0.717, 1.165) is 38.5 Å². The Balaban J connectivity index is 4.41. The summed E-state index contributed by atoms with van der Waals surface area (Å²) in [5, 5.41) is 2.99. The number of ether oxygens (including phenoxy) is 2. The molecule has 1 N–H and O–H groups in total. The van der Waals surface area contributed by atoms with Crippen LogP contribution in [-0.4, -0.2) is 58.6 Å². The fraction of sp³-hybridized carbons (Fsp3) is 0.926. The zero-order valence-electron chi connectivity index (χ0n) is 23.5. The number of likely N-dealkylation sites (N-methyl/N-ethyl adjacent to an activating group) is 1. The van der Waals surface area contributed by atoms with Crippen molar-refractivity contribution in [2.75, 3.05) is 40.5 Å². The van der Waals surface area contributed by atoms with Crippen LogP contribution < -0.4 is 5.32 Å². The van der Waals surface area contributed by atoms with E-state index in [2.05, 4.69) is 19.2 Å². The second-order valence-electron chi connectivity index (χ2n) is 9.18. The van der Waals surface area contributed by atoms with Crippen molar-refractivity contribution >= 4 is 20.5 Å². The lowest BCUT2D eigenvalue weighted by Crippen LogP contribution is -2.29. The van der Waals surface area contributed by atoms with Crippen LogP contribution in [0.4, 0.5) is 0 Å². The van der Waals surface area contributed by atoms with Crippen molar-refractivity contribution in [3.63, 3.8) is 0 Å². The molecule has 0 bridgehead atoms. The minimum atomic E-state index is -1.57. The van der Waals surface area contributed by atoms with Gasteiger partial charge in [0.05, 0.1) is 13.2 Å². The van der Waals surface area contributed by atoms with Gasteiger partial charge in [-0.2, -0.15) is 0 Å². The van der Waals surface area contributed by atoms with Gasteiger partial charge in [-0.25, -0.2) is 0 Å². The number of nitrogens with one attached hydrogen (secondary N) is 1. The van der Waals surface area contributed by atoms with E-state index in [1.165, 1.54) is 58.5 Å². The van der Waals surface area contributed by atoms with Gasteiger partial charge in [-0.1, -0.05) is 90.9 Å². The van der Waals surface area contributed by atoms with E-state index in [0.29, 0.717) is 26.0 Å². The lowest BCUT2D eigenvalue weighted by atomic mass is 10.1. The molecule has 36 heavy (non-hydrogen) atoms. The Morgan fingerprint density at radius 2 is 1.25 bits per heavy atom. The summed E-state index contributed by atoms with van der Waals surface area (Å²) in [5.41, 5.74) is 0. The minimum absolute atomic E-state index is 0.0263. The maximum atomic E-state index is 12.4. The standard InChI is InChI=1S/C27H54NO7P/c1-5-7-9-11-13-15-17-19-26(29)32-23-25(24-34-36(31-4)33-22-21-28-3)35-27(30)20-18-16-14-12-10-8-6-2/h25,28H,5-24H2,1-4H3. The smallest absolute Gasteiger partial charge is 0.332 e. The SMILES string of the molecule is CCCCCCCCCC(=O)OCC(COP(OC)OCCNC)OC(=O)CCCCCCCCC. The van der Waals surface area contributed by atoms with Gasteiger partial charge in [-0.05, 0) is 19.9 Å². The molecular formula is C27H54NO7P. The molecule has 0 saturated heterocycles. The molecule has 0 aliphatic rings. The number of carbonyl (C=O) groups excluding carboxylic acids is 2. The second kappa shape index (κ2) is 27.3. The van der Waals surface area contributed by atoms with Crippen LogP contribution in [-0.2, 0) is 32.6 Å². The molecule has 0 spiro atoms. The van der Waals surface area contributed by atoms with Crippen LogP contribution in [0.5, 0.6) is 0 Å². The number of hydrogen-bond donors (Lipinski definition) is 1. The van der Waals surface area contributed by atoms with Crippen LogP contribution in [0.2, 0.25) is 0 Å². The summed E-state index contributed by atoms with van der Waals surface area (Å²) >= 11 is 0. The fourth-order valence-electron chi connectivity index (χ4n) is 3.58. The first-order valence-corrected chi connectivity index (χ1v) is 15.3. The number of hydrogen-bond acceptors (Lipinski definition) is 8. The van der Waals surface area contributed by atoms with Crippen LogP contribution in [0, 0.1) is 0 Å². The van der Waals surface area contributed by atoms with Crippen LogP contribution >= 0.6 is 8.60 Å². The minimum Gasteiger partial charge on any atom is -0.462 e. The van der Waals surface area contributed by atoms with E-state index in [4.69, 9.17) is 23.0 Å². The molecular weight excluding hydrogens is 481 g/mol. The Hall–Kier alpha value is -0.790. The van der Waals surface area contributed by atoms with E-state index in [9.17, 15) is 9.59 Å². The number of carbonyl (C=O) groups is 2. The molecule has 2 atom stereocenters. The third kappa shape index (κ3) is 23.6. The molecule has 0 amide bonds. The highest BCUT2D eigenvalue weighted by molar-refractivity contribution is 7.41. The van der Waals surface area contributed by atoms with E-state index >= 15 is 0 Å². The summed E-state index contributed by atoms with van der Waals surface area (Å²) in [6.45, 7) is 5.53. The highest BCUT2D eigenvalue weighted by Gasteiger charge is 2.21. The molecule has 0 aliphatic heterocycles. The maximum absolute atomic E-state index is 12.4. The van der Waals surface area contributed by atoms with Gasteiger partial charge in [0, 0.05) is 26.5 Å². The first-order chi connectivity index (χ1) is 17.6. The predicted molar refractivity (Wildman–Crippen MR) is 146 cm³/mol. The lowest BCUT2D eigenvalue weighted by Gasteiger charge is -2.21.